The Morgan fingerprint density at radius 2 is 1.92 bits per heavy atom. The van der Waals surface area contributed by atoms with Crippen molar-refractivity contribution in [2.24, 2.45) is 11.5 Å². The second-order valence-corrected chi connectivity index (χ2v) is 3.76. The minimum atomic E-state index is -0.596. The van der Waals surface area contributed by atoms with E-state index in [2.05, 4.69) is 15.9 Å². The first-order valence-corrected chi connectivity index (χ1v) is 4.68. The van der Waals surface area contributed by atoms with Crippen LogP contribution in [0.15, 0.2) is 28.7 Å². The van der Waals surface area contributed by atoms with Gasteiger partial charge in [0, 0.05) is 4.47 Å². The quantitative estimate of drug-likeness (QED) is 0.824. The van der Waals surface area contributed by atoms with Gasteiger partial charge in [0.15, 0.2) is 0 Å². The molecule has 70 valence electrons. The van der Waals surface area contributed by atoms with Crippen LogP contribution in [0.2, 0.25) is 0 Å². The van der Waals surface area contributed by atoms with Crippen LogP contribution in [0.5, 0.6) is 0 Å². The molecule has 0 radical (unpaired) electrons. The molecule has 0 heterocycles. The lowest BCUT2D eigenvalue weighted by molar-refractivity contribution is -0.119. The van der Waals surface area contributed by atoms with Crippen LogP contribution in [0, 0.1) is 0 Å². The summed E-state index contributed by atoms with van der Waals surface area (Å²) in [5.41, 5.74) is 11.5. The van der Waals surface area contributed by atoms with Crippen molar-refractivity contribution >= 4 is 21.8 Å². The molecule has 1 amide bonds. The molecule has 4 N–H and O–H groups in total. The fraction of sp³-hybridized carbons (Fsp3) is 0.222. The number of hydrogen-bond donors (Lipinski definition) is 2. The van der Waals surface area contributed by atoms with E-state index in [4.69, 9.17) is 11.5 Å². The zero-order valence-electron chi connectivity index (χ0n) is 7.03. The summed E-state index contributed by atoms with van der Waals surface area (Å²) in [6.45, 7) is 0. The van der Waals surface area contributed by atoms with Crippen LogP contribution in [0.3, 0.4) is 0 Å². The van der Waals surface area contributed by atoms with E-state index in [1.165, 1.54) is 0 Å². The highest BCUT2D eigenvalue weighted by atomic mass is 79.9. The predicted molar refractivity (Wildman–Crippen MR) is 55.0 cm³/mol. The zero-order chi connectivity index (χ0) is 9.84. The lowest BCUT2D eigenvalue weighted by Gasteiger charge is -2.06. The van der Waals surface area contributed by atoms with E-state index >= 15 is 0 Å². The van der Waals surface area contributed by atoms with Crippen molar-refractivity contribution in [1.29, 1.82) is 0 Å². The largest absolute Gasteiger partial charge is 0.368 e. The maximum Gasteiger partial charge on any atom is 0.234 e. The van der Waals surface area contributed by atoms with Crippen molar-refractivity contribution in [2.45, 2.75) is 12.5 Å². The first-order valence-electron chi connectivity index (χ1n) is 3.89. The molecule has 0 unspecified atom stereocenters. The van der Waals surface area contributed by atoms with E-state index in [1.807, 2.05) is 24.3 Å². The van der Waals surface area contributed by atoms with Gasteiger partial charge in [-0.15, -0.1) is 0 Å². The van der Waals surface area contributed by atoms with Gasteiger partial charge < -0.3 is 11.5 Å². The number of rotatable bonds is 3. The van der Waals surface area contributed by atoms with E-state index in [0.717, 1.165) is 10.0 Å². The topological polar surface area (TPSA) is 69.1 Å². The average molecular weight is 243 g/mol. The lowest BCUT2D eigenvalue weighted by atomic mass is 10.1. The number of carbonyl (C=O) groups excluding carboxylic acids is 1. The van der Waals surface area contributed by atoms with Crippen molar-refractivity contribution in [3.63, 3.8) is 0 Å². The van der Waals surface area contributed by atoms with Gasteiger partial charge in [-0.1, -0.05) is 28.1 Å². The molecule has 0 saturated heterocycles. The van der Waals surface area contributed by atoms with Crippen LogP contribution in [0.4, 0.5) is 0 Å². The summed E-state index contributed by atoms with van der Waals surface area (Å²) >= 11 is 3.32. The highest BCUT2D eigenvalue weighted by molar-refractivity contribution is 9.10. The Bertz CT molecular complexity index is 297. The van der Waals surface area contributed by atoms with Crippen LogP contribution in [0.1, 0.15) is 5.56 Å². The van der Waals surface area contributed by atoms with Crippen molar-refractivity contribution in [2.75, 3.05) is 0 Å². The summed E-state index contributed by atoms with van der Waals surface area (Å²) in [6, 6.07) is 7.03. The van der Waals surface area contributed by atoms with Gasteiger partial charge in [-0.2, -0.15) is 0 Å². The fourth-order valence-corrected chi connectivity index (χ4v) is 1.24. The minimum absolute atomic E-state index is 0.470. The van der Waals surface area contributed by atoms with Gasteiger partial charge in [0.1, 0.15) is 0 Å². The van der Waals surface area contributed by atoms with Crippen molar-refractivity contribution in [3.05, 3.63) is 34.3 Å². The number of halogens is 1. The maximum atomic E-state index is 10.7. The normalized spacial score (nSPS) is 12.5. The Balaban J connectivity index is 2.64. The highest BCUT2D eigenvalue weighted by Gasteiger charge is 2.09. The van der Waals surface area contributed by atoms with Gasteiger partial charge >= 0.3 is 0 Å². The highest BCUT2D eigenvalue weighted by Crippen LogP contribution is 2.11. The van der Waals surface area contributed by atoms with E-state index in [1.54, 1.807) is 0 Å². The molecule has 13 heavy (non-hydrogen) atoms. The molecule has 0 aliphatic carbocycles. The number of amides is 1. The van der Waals surface area contributed by atoms with Gasteiger partial charge in [-0.3, -0.25) is 4.79 Å². The van der Waals surface area contributed by atoms with Gasteiger partial charge in [-0.05, 0) is 24.1 Å². The molecule has 4 heteroatoms. The Hall–Kier alpha value is -0.870. The second-order valence-electron chi connectivity index (χ2n) is 2.84. The van der Waals surface area contributed by atoms with Gasteiger partial charge in [0.25, 0.3) is 0 Å². The maximum absolute atomic E-state index is 10.7. The molecule has 0 bridgehead atoms. The average Bonchev–Trinajstić information content (AvgIpc) is 2.08. The van der Waals surface area contributed by atoms with Crippen molar-refractivity contribution in [3.8, 4) is 0 Å². The Labute approximate surface area is 85.2 Å². The molecule has 0 saturated carbocycles. The molecule has 1 rings (SSSR count). The van der Waals surface area contributed by atoms with Crippen LogP contribution in [-0.2, 0) is 11.2 Å². The summed E-state index contributed by atoms with van der Waals surface area (Å²) in [5.74, 6) is -0.470. The fourth-order valence-electron chi connectivity index (χ4n) is 0.975. The standard InChI is InChI=1S/C9H11BrN2O/c10-7-3-1-6(2-4-7)5-8(11)9(12)13/h1-4,8H,5,11H2,(H2,12,13)/t8-/m0/s1. The number of hydrogen-bond acceptors (Lipinski definition) is 2. The zero-order valence-corrected chi connectivity index (χ0v) is 8.62. The number of nitrogens with two attached hydrogens (primary N) is 2. The minimum Gasteiger partial charge on any atom is -0.368 e. The van der Waals surface area contributed by atoms with Crippen molar-refractivity contribution < 1.29 is 4.79 Å². The third-order valence-electron chi connectivity index (χ3n) is 1.73. The second kappa shape index (κ2) is 4.39. The third kappa shape index (κ3) is 3.16. The summed E-state index contributed by atoms with van der Waals surface area (Å²) in [7, 11) is 0. The molecule has 0 fully saturated rings. The molecule has 3 nitrogen and oxygen atoms in total. The first-order chi connectivity index (χ1) is 6.09. The van der Waals surface area contributed by atoms with E-state index in [-0.39, 0.29) is 0 Å². The monoisotopic (exact) mass is 242 g/mol. The third-order valence-corrected chi connectivity index (χ3v) is 2.26. The van der Waals surface area contributed by atoms with Crippen LogP contribution in [-0.4, -0.2) is 11.9 Å². The van der Waals surface area contributed by atoms with Crippen LogP contribution < -0.4 is 11.5 Å². The van der Waals surface area contributed by atoms with E-state index in [9.17, 15) is 4.79 Å². The summed E-state index contributed by atoms with van der Waals surface area (Å²) in [5, 5.41) is 0. The summed E-state index contributed by atoms with van der Waals surface area (Å²) in [4.78, 5) is 10.7. The Morgan fingerprint density at radius 3 is 2.38 bits per heavy atom. The predicted octanol–water partition coefficient (Wildman–Crippen LogP) is 0.804. The first kappa shape index (κ1) is 10.2. The molecule has 1 atom stereocenters. The van der Waals surface area contributed by atoms with Crippen molar-refractivity contribution in [1.82, 2.24) is 0 Å². The molecule has 1 aromatic carbocycles. The summed E-state index contributed by atoms with van der Waals surface area (Å²) < 4.78 is 1.00. The molecule has 1 aromatic rings. The number of carbonyl (C=O) groups is 1. The lowest BCUT2D eigenvalue weighted by Crippen LogP contribution is -2.38. The molecular weight excluding hydrogens is 232 g/mol. The van der Waals surface area contributed by atoms with Gasteiger partial charge in [0.2, 0.25) is 5.91 Å². The Morgan fingerprint density at radius 1 is 1.38 bits per heavy atom. The van der Waals surface area contributed by atoms with Crippen LogP contribution >= 0.6 is 15.9 Å². The number of primary amides is 1. The molecule has 0 spiro atoms. The summed E-state index contributed by atoms with van der Waals surface area (Å²) in [6.07, 6.45) is 0.489. The van der Waals surface area contributed by atoms with Crippen LogP contribution in [0.25, 0.3) is 0 Å². The number of benzene rings is 1. The van der Waals surface area contributed by atoms with E-state index < -0.39 is 11.9 Å². The SMILES string of the molecule is NC(=O)[C@@H](N)Cc1ccc(Br)cc1. The molecule has 0 aliphatic heterocycles. The molecule has 0 aliphatic rings. The van der Waals surface area contributed by atoms with Gasteiger partial charge in [0.05, 0.1) is 6.04 Å². The smallest absolute Gasteiger partial charge is 0.234 e. The molecular formula is C9H11BrN2O. The van der Waals surface area contributed by atoms with Gasteiger partial charge in [-0.25, -0.2) is 0 Å². The van der Waals surface area contributed by atoms with E-state index in [0.29, 0.717) is 6.42 Å². The Kier molecular flexibility index (Phi) is 3.45. The molecule has 0 aromatic heterocycles.